The highest BCUT2D eigenvalue weighted by Crippen LogP contribution is 2.48. The third-order valence-electron chi connectivity index (χ3n) is 7.24. The molecule has 3 rings (SSSR count). The highest BCUT2D eigenvalue weighted by Gasteiger charge is 2.54. The number of aliphatic hydroxyl groups is 2. The van der Waals surface area contributed by atoms with Crippen LogP contribution in [0.3, 0.4) is 0 Å². The number of ether oxygens (including phenoxy) is 3. The maximum absolute atomic E-state index is 14.3. The van der Waals surface area contributed by atoms with Crippen molar-refractivity contribution in [3.63, 3.8) is 0 Å². The fourth-order valence-corrected chi connectivity index (χ4v) is 6.28. The number of hydrogen-bond acceptors (Lipinski definition) is 14. The number of aliphatic hydroxyl groups excluding tert-OH is 1. The molecule has 17 heteroatoms. The van der Waals surface area contributed by atoms with Crippen LogP contribution in [-0.4, -0.2) is 81.0 Å². The van der Waals surface area contributed by atoms with Crippen LogP contribution in [-0.2, 0) is 44.1 Å². The number of hydrogen-bond donors (Lipinski definition) is 4. The van der Waals surface area contributed by atoms with Crippen molar-refractivity contribution in [2.24, 2.45) is 0 Å². The van der Waals surface area contributed by atoms with Gasteiger partial charge in [-0.2, -0.15) is 10.1 Å². The van der Waals surface area contributed by atoms with E-state index in [1.54, 1.807) is 45.9 Å². The number of nitrogens with zero attached hydrogens (tertiary/aromatic N) is 2. The fourth-order valence-electron chi connectivity index (χ4n) is 4.74. The molecule has 1 aromatic heterocycles. The minimum Gasteiger partial charge on any atom is -0.463 e. The first-order valence-electron chi connectivity index (χ1n) is 16.3. The number of anilines is 1. The number of rotatable bonds is 19. The molecule has 0 radical (unpaired) electrons. The van der Waals surface area contributed by atoms with Crippen molar-refractivity contribution in [1.29, 1.82) is 0 Å². The molecule has 0 amide bonds. The van der Waals surface area contributed by atoms with Gasteiger partial charge in [0.05, 0.1) is 25.4 Å². The molecule has 0 aliphatic carbocycles. The van der Waals surface area contributed by atoms with E-state index < -0.39 is 68.2 Å². The van der Waals surface area contributed by atoms with E-state index >= 15 is 0 Å². The monoisotopic (exact) mass is 712 g/mol. The van der Waals surface area contributed by atoms with Crippen LogP contribution >= 0.6 is 7.75 Å². The summed E-state index contributed by atoms with van der Waals surface area (Å²) in [5.41, 5.74) is 0.274. The minimum atomic E-state index is -4.48. The summed E-state index contributed by atoms with van der Waals surface area (Å²) in [6, 6.07) is 6.80. The van der Waals surface area contributed by atoms with E-state index in [9.17, 15) is 29.2 Å². The zero-order chi connectivity index (χ0) is 36.4. The number of aryl methyl sites for hydroxylation is 1. The van der Waals surface area contributed by atoms with Crippen molar-refractivity contribution >= 4 is 25.5 Å². The number of carbonyl (C=O) groups excluding carboxylic acids is 2. The maximum atomic E-state index is 14.3. The summed E-state index contributed by atoms with van der Waals surface area (Å²) in [5.74, 6) is -0.917. The second kappa shape index (κ2) is 18.0. The van der Waals surface area contributed by atoms with Crippen LogP contribution in [0.15, 0.2) is 41.3 Å². The van der Waals surface area contributed by atoms with E-state index in [1.807, 2.05) is 6.92 Å². The van der Waals surface area contributed by atoms with Gasteiger partial charge in [-0.15, -0.1) is 0 Å². The van der Waals surface area contributed by atoms with Gasteiger partial charge in [-0.05, 0) is 72.1 Å². The van der Waals surface area contributed by atoms with Gasteiger partial charge in [0.1, 0.15) is 29.6 Å². The molecule has 0 bridgehead atoms. The summed E-state index contributed by atoms with van der Waals surface area (Å²) >= 11 is 0. The van der Waals surface area contributed by atoms with Crippen LogP contribution in [0, 0.1) is 0 Å². The van der Waals surface area contributed by atoms with Crippen LogP contribution in [0.5, 0.6) is 5.75 Å². The molecule has 2 aromatic rings. The lowest BCUT2D eigenvalue weighted by molar-refractivity contribution is -0.149. The van der Waals surface area contributed by atoms with Gasteiger partial charge >= 0.3 is 25.4 Å². The molecule has 274 valence electrons. The molecule has 49 heavy (non-hydrogen) atoms. The first kappa shape index (κ1) is 40.1. The Kier molecular flexibility index (Phi) is 14.7. The Labute approximate surface area is 285 Å². The predicted molar refractivity (Wildman–Crippen MR) is 178 cm³/mol. The zero-order valence-corrected chi connectivity index (χ0v) is 29.9. The third kappa shape index (κ3) is 11.6. The summed E-state index contributed by atoms with van der Waals surface area (Å²) in [6.45, 7) is 11.3. The Bertz CT molecular complexity index is 1500. The van der Waals surface area contributed by atoms with E-state index in [4.69, 9.17) is 28.1 Å². The maximum Gasteiger partial charge on any atom is 0.459 e. The van der Waals surface area contributed by atoms with Crippen molar-refractivity contribution in [1.82, 2.24) is 14.6 Å². The lowest BCUT2D eigenvalue weighted by Crippen LogP contribution is -2.46. The molecule has 0 saturated carbocycles. The second-order valence-electron chi connectivity index (χ2n) is 12.4. The molecule has 1 aromatic carbocycles. The molecular weight excluding hydrogens is 663 g/mol. The summed E-state index contributed by atoms with van der Waals surface area (Å²) in [7, 11) is -4.48. The largest absolute Gasteiger partial charge is 0.463 e. The standard InChI is InChI=1S/C32H49N4O12P/c1-8-9-18-43-34-26-16-17-36(31(40)33-26)30-32(7,41)28(38)25(47-30)19-44-49(42,35-22(6)29(39)46-21(4)5)48-24-13-11-10-12-23(24)14-15-27(37)45-20(2)3/h10-13,16-17,20-22,25,28,30,38,41H,8-9,14-15,18-19H2,1-7H3,(H,35,42)(H,33,34,40)/t22-,25+,28?,30+,32+,49?/m0/s1. The Balaban J connectivity index is 1.81. The SMILES string of the molecule is CCCCONc1ccn([C@@H]2O[C@H](COP(=O)(N[C@@H](C)C(=O)OC(C)C)Oc3ccccc3CCC(=O)OC(C)C)C(O)[C@@]2(C)O)c(=O)n1. The molecule has 2 unspecified atom stereocenters. The summed E-state index contributed by atoms with van der Waals surface area (Å²) in [5, 5.41) is 24.9. The number of nitrogens with one attached hydrogen (secondary N) is 2. The van der Waals surface area contributed by atoms with Crippen LogP contribution < -0.4 is 20.8 Å². The van der Waals surface area contributed by atoms with Crippen molar-refractivity contribution in [2.45, 2.75) is 116 Å². The van der Waals surface area contributed by atoms with Crippen LogP contribution in [0.25, 0.3) is 0 Å². The molecule has 1 fully saturated rings. The molecule has 4 N–H and O–H groups in total. The fraction of sp³-hybridized carbons (Fsp3) is 0.625. The first-order valence-corrected chi connectivity index (χ1v) is 17.8. The second-order valence-corrected chi connectivity index (χ2v) is 14.1. The Hall–Kier alpha value is -3.37. The lowest BCUT2D eigenvalue weighted by Gasteiger charge is -2.27. The normalized spacial score (nSPS) is 22.5. The van der Waals surface area contributed by atoms with E-state index in [0.29, 0.717) is 12.2 Å². The molecule has 6 atom stereocenters. The van der Waals surface area contributed by atoms with Crippen molar-refractivity contribution in [3.05, 3.63) is 52.6 Å². The molecule has 16 nitrogen and oxygen atoms in total. The van der Waals surface area contributed by atoms with Gasteiger partial charge in [0, 0.05) is 12.6 Å². The number of para-hydroxylation sites is 1. The van der Waals surface area contributed by atoms with Gasteiger partial charge in [0.2, 0.25) is 0 Å². The zero-order valence-electron chi connectivity index (χ0n) is 29.0. The molecule has 1 saturated heterocycles. The van der Waals surface area contributed by atoms with E-state index in [-0.39, 0.29) is 30.5 Å². The number of benzene rings is 1. The van der Waals surface area contributed by atoms with Gasteiger partial charge < -0.3 is 28.9 Å². The van der Waals surface area contributed by atoms with Crippen LogP contribution in [0.2, 0.25) is 0 Å². The summed E-state index contributed by atoms with van der Waals surface area (Å²) < 4.78 is 43.2. The summed E-state index contributed by atoms with van der Waals surface area (Å²) in [6.07, 6.45) is -1.86. The predicted octanol–water partition coefficient (Wildman–Crippen LogP) is 3.41. The van der Waals surface area contributed by atoms with Gasteiger partial charge in [-0.25, -0.2) is 14.8 Å². The van der Waals surface area contributed by atoms with Crippen molar-refractivity contribution in [2.75, 3.05) is 18.7 Å². The van der Waals surface area contributed by atoms with E-state index in [2.05, 4.69) is 15.6 Å². The van der Waals surface area contributed by atoms with Crippen LogP contribution in [0.1, 0.15) is 79.5 Å². The van der Waals surface area contributed by atoms with E-state index in [1.165, 1.54) is 32.2 Å². The van der Waals surface area contributed by atoms with Gasteiger partial charge in [-0.1, -0.05) is 31.5 Å². The Morgan fingerprint density at radius 2 is 1.82 bits per heavy atom. The Morgan fingerprint density at radius 1 is 1.12 bits per heavy atom. The third-order valence-corrected chi connectivity index (χ3v) is 8.87. The molecule has 2 heterocycles. The molecule has 1 aliphatic heterocycles. The van der Waals surface area contributed by atoms with Gasteiger partial charge in [0.25, 0.3) is 0 Å². The molecular formula is C32H49N4O12P. The van der Waals surface area contributed by atoms with Crippen molar-refractivity contribution < 1.29 is 52.5 Å². The topological polar surface area (TPSA) is 206 Å². The minimum absolute atomic E-state index is 0.0178. The molecule has 1 aliphatic rings. The molecule has 0 spiro atoms. The average Bonchev–Trinajstić information content (AvgIpc) is 3.24. The average molecular weight is 713 g/mol. The Morgan fingerprint density at radius 3 is 2.47 bits per heavy atom. The van der Waals surface area contributed by atoms with E-state index in [0.717, 1.165) is 17.4 Å². The lowest BCUT2D eigenvalue weighted by atomic mass is 9.96. The smallest absolute Gasteiger partial charge is 0.459 e. The number of esters is 2. The summed E-state index contributed by atoms with van der Waals surface area (Å²) in [4.78, 5) is 46.9. The quantitative estimate of drug-likeness (QED) is 0.0713. The van der Waals surface area contributed by atoms with Gasteiger partial charge in [-0.3, -0.25) is 23.5 Å². The van der Waals surface area contributed by atoms with Crippen LogP contribution in [0.4, 0.5) is 5.82 Å². The number of carbonyl (C=O) groups is 2. The van der Waals surface area contributed by atoms with Crippen molar-refractivity contribution in [3.8, 4) is 5.75 Å². The number of unbranched alkanes of at least 4 members (excludes halogenated alkanes) is 1. The highest BCUT2D eigenvalue weighted by molar-refractivity contribution is 7.52. The highest BCUT2D eigenvalue weighted by atomic mass is 31.2. The number of aromatic nitrogens is 2. The van der Waals surface area contributed by atoms with Gasteiger partial charge in [0.15, 0.2) is 12.0 Å². The first-order chi connectivity index (χ1) is 23.1.